The van der Waals surface area contributed by atoms with Crippen molar-refractivity contribution in [2.75, 3.05) is 19.7 Å². The van der Waals surface area contributed by atoms with Crippen LogP contribution in [0.3, 0.4) is 0 Å². The van der Waals surface area contributed by atoms with Crippen LogP contribution in [0.15, 0.2) is 34.9 Å². The first-order valence-corrected chi connectivity index (χ1v) is 9.71. The number of nitrogens with zero attached hydrogens (tertiary/aromatic N) is 2. The van der Waals surface area contributed by atoms with E-state index >= 15 is 0 Å². The van der Waals surface area contributed by atoms with Crippen molar-refractivity contribution in [2.24, 2.45) is 11.8 Å². The van der Waals surface area contributed by atoms with E-state index < -0.39 is 11.9 Å². The largest absolute Gasteiger partial charge is 0.481 e. The van der Waals surface area contributed by atoms with Gasteiger partial charge in [0.05, 0.1) is 12.0 Å². The molecule has 7 nitrogen and oxygen atoms in total. The molecule has 3 heterocycles. The minimum atomic E-state index is -0.784. The summed E-state index contributed by atoms with van der Waals surface area (Å²) in [5.74, 6) is -0.620. The number of carboxylic acids is 1. The van der Waals surface area contributed by atoms with E-state index in [1.807, 2.05) is 35.2 Å². The van der Waals surface area contributed by atoms with E-state index in [1.54, 1.807) is 6.92 Å². The number of aliphatic carboxylic acids is 1. The zero-order valence-electron chi connectivity index (χ0n) is 15.8. The molecule has 2 saturated heterocycles. The van der Waals surface area contributed by atoms with Gasteiger partial charge in [-0.05, 0) is 32.1 Å². The zero-order valence-corrected chi connectivity index (χ0v) is 15.8. The van der Waals surface area contributed by atoms with Gasteiger partial charge in [0.2, 0.25) is 0 Å². The molecule has 2 atom stereocenters. The highest BCUT2D eigenvalue weighted by Crippen LogP contribution is 2.34. The summed E-state index contributed by atoms with van der Waals surface area (Å²) in [6.07, 6.45) is 1.81. The van der Waals surface area contributed by atoms with Gasteiger partial charge in [-0.2, -0.15) is 0 Å². The number of hydrogen-bond acceptors (Lipinski definition) is 5. The number of carboxylic acid groups (broad SMARTS) is 1. The molecule has 1 amide bonds. The van der Waals surface area contributed by atoms with Crippen LogP contribution in [0.2, 0.25) is 0 Å². The van der Waals surface area contributed by atoms with E-state index in [0.29, 0.717) is 43.1 Å². The van der Waals surface area contributed by atoms with Gasteiger partial charge in [-0.1, -0.05) is 35.5 Å². The lowest BCUT2D eigenvalue weighted by Gasteiger charge is -2.35. The lowest BCUT2D eigenvalue weighted by Crippen LogP contribution is -2.43. The van der Waals surface area contributed by atoms with Gasteiger partial charge in [0.1, 0.15) is 17.0 Å². The van der Waals surface area contributed by atoms with Crippen LogP contribution in [0.25, 0.3) is 11.3 Å². The van der Waals surface area contributed by atoms with Crippen molar-refractivity contribution in [2.45, 2.75) is 32.3 Å². The van der Waals surface area contributed by atoms with Gasteiger partial charge in [0.15, 0.2) is 0 Å². The molecule has 7 heteroatoms. The van der Waals surface area contributed by atoms with Crippen LogP contribution in [0.5, 0.6) is 0 Å². The van der Waals surface area contributed by atoms with Crippen molar-refractivity contribution in [3.05, 3.63) is 41.7 Å². The molecule has 0 spiro atoms. The van der Waals surface area contributed by atoms with Gasteiger partial charge >= 0.3 is 5.97 Å². The molecule has 1 N–H and O–H groups in total. The topological polar surface area (TPSA) is 92.9 Å². The van der Waals surface area contributed by atoms with Crippen LogP contribution < -0.4 is 0 Å². The van der Waals surface area contributed by atoms with Gasteiger partial charge < -0.3 is 19.3 Å². The van der Waals surface area contributed by atoms with E-state index in [2.05, 4.69) is 5.16 Å². The molecule has 2 aliphatic heterocycles. The number of carbonyl (C=O) groups is 2. The first-order valence-electron chi connectivity index (χ1n) is 9.71. The Balaban J connectivity index is 1.47. The highest BCUT2D eigenvalue weighted by atomic mass is 16.5. The first kappa shape index (κ1) is 18.7. The molecule has 2 aliphatic rings. The normalized spacial score (nSPS) is 23.1. The molecule has 1 aromatic carbocycles. The number of ether oxygens (including phenoxy) is 1. The summed E-state index contributed by atoms with van der Waals surface area (Å²) >= 11 is 0. The summed E-state index contributed by atoms with van der Waals surface area (Å²) in [5.41, 5.74) is 1.92. The molecule has 0 aliphatic carbocycles. The van der Waals surface area contributed by atoms with Gasteiger partial charge in [0, 0.05) is 25.3 Å². The molecule has 0 bridgehead atoms. The van der Waals surface area contributed by atoms with Crippen molar-refractivity contribution < 1.29 is 24.0 Å². The van der Waals surface area contributed by atoms with Crippen LogP contribution in [0, 0.1) is 18.8 Å². The number of aryl methyl sites for hydroxylation is 1. The average Bonchev–Trinajstić information content (AvgIpc) is 3.35. The van der Waals surface area contributed by atoms with Crippen LogP contribution in [-0.4, -0.2) is 52.8 Å². The summed E-state index contributed by atoms with van der Waals surface area (Å²) in [5, 5.41) is 13.5. The minimum Gasteiger partial charge on any atom is -0.481 e. The summed E-state index contributed by atoms with van der Waals surface area (Å²) in [6, 6.07) is 9.53. The third-order valence-corrected chi connectivity index (χ3v) is 5.87. The van der Waals surface area contributed by atoms with Gasteiger partial charge in [-0.3, -0.25) is 9.59 Å². The average molecular weight is 384 g/mol. The molecule has 2 fully saturated rings. The molecule has 2 aromatic rings. The van der Waals surface area contributed by atoms with Crippen LogP contribution in [-0.2, 0) is 9.53 Å². The molecule has 0 radical (unpaired) electrons. The van der Waals surface area contributed by atoms with Crippen LogP contribution in [0.1, 0.15) is 35.4 Å². The third-order valence-electron chi connectivity index (χ3n) is 5.87. The van der Waals surface area contributed by atoms with E-state index in [0.717, 1.165) is 18.4 Å². The fourth-order valence-corrected chi connectivity index (χ4v) is 4.35. The summed E-state index contributed by atoms with van der Waals surface area (Å²) in [6.45, 7) is 3.41. The maximum absolute atomic E-state index is 13.2. The number of likely N-dealkylation sites (tertiary alicyclic amines) is 1. The second-order valence-electron chi connectivity index (χ2n) is 7.53. The molecule has 0 saturated carbocycles. The monoisotopic (exact) mass is 384 g/mol. The van der Waals surface area contributed by atoms with Crippen molar-refractivity contribution in [1.29, 1.82) is 0 Å². The van der Waals surface area contributed by atoms with Gasteiger partial charge in [-0.25, -0.2) is 0 Å². The number of aromatic nitrogens is 1. The number of benzene rings is 1. The number of piperidine rings is 1. The van der Waals surface area contributed by atoms with Crippen molar-refractivity contribution in [3.63, 3.8) is 0 Å². The molecule has 148 valence electrons. The number of carbonyl (C=O) groups excluding carboxylic acids is 1. The lowest BCUT2D eigenvalue weighted by atomic mass is 9.84. The quantitative estimate of drug-likeness (QED) is 0.871. The maximum atomic E-state index is 13.2. The SMILES string of the molecule is Cc1onc(-c2ccccc2)c1C(=O)N1CCC([C@@H]2OCCC2C(=O)O)CC1. The Hall–Kier alpha value is -2.67. The minimum absolute atomic E-state index is 0.0850. The maximum Gasteiger partial charge on any atom is 0.309 e. The smallest absolute Gasteiger partial charge is 0.309 e. The van der Waals surface area contributed by atoms with Gasteiger partial charge in [0.25, 0.3) is 5.91 Å². The summed E-state index contributed by atoms with van der Waals surface area (Å²) in [4.78, 5) is 26.4. The summed E-state index contributed by atoms with van der Waals surface area (Å²) in [7, 11) is 0. The predicted octanol–water partition coefficient (Wildman–Crippen LogP) is 2.99. The molecule has 1 unspecified atom stereocenters. The molecule has 1 aromatic heterocycles. The van der Waals surface area contributed by atoms with Crippen molar-refractivity contribution >= 4 is 11.9 Å². The second kappa shape index (κ2) is 7.75. The van der Waals surface area contributed by atoms with Gasteiger partial charge in [-0.15, -0.1) is 0 Å². The van der Waals surface area contributed by atoms with Crippen molar-refractivity contribution in [3.8, 4) is 11.3 Å². The predicted molar refractivity (Wildman–Crippen MR) is 101 cm³/mol. The second-order valence-corrected chi connectivity index (χ2v) is 7.53. The van der Waals surface area contributed by atoms with Crippen LogP contribution in [0.4, 0.5) is 0 Å². The van der Waals surface area contributed by atoms with Crippen molar-refractivity contribution in [1.82, 2.24) is 10.1 Å². The third kappa shape index (κ3) is 3.42. The molecular formula is C21H24N2O5. The van der Waals surface area contributed by atoms with E-state index in [9.17, 15) is 14.7 Å². The number of rotatable bonds is 4. The van der Waals surface area contributed by atoms with E-state index in [-0.39, 0.29) is 17.9 Å². The van der Waals surface area contributed by atoms with E-state index in [4.69, 9.17) is 9.26 Å². The Morgan fingerprint density at radius 1 is 1.14 bits per heavy atom. The first-order chi connectivity index (χ1) is 13.6. The highest BCUT2D eigenvalue weighted by Gasteiger charge is 2.41. The standard InChI is InChI=1S/C21H24N2O5/c1-13-17(18(22-28-13)14-5-3-2-4-6-14)20(24)23-10-7-15(8-11-23)19-16(21(25)26)9-12-27-19/h2-6,15-16,19H,7-12H2,1H3,(H,25,26)/t16?,19-/m0/s1. The molecule has 4 rings (SSSR count). The van der Waals surface area contributed by atoms with E-state index in [1.165, 1.54) is 0 Å². The number of hydrogen-bond donors (Lipinski definition) is 1. The summed E-state index contributed by atoms with van der Waals surface area (Å²) < 4.78 is 11.0. The Morgan fingerprint density at radius 3 is 2.54 bits per heavy atom. The van der Waals surface area contributed by atoms with Crippen LogP contribution >= 0.6 is 0 Å². The Morgan fingerprint density at radius 2 is 1.86 bits per heavy atom. The Labute approximate surface area is 163 Å². The zero-order chi connectivity index (χ0) is 19.7. The molecular weight excluding hydrogens is 360 g/mol. The lowest BCUT2D eigenvalue weighted by molar-refractivity contribution is -0.145. The highest BCUT2D eigenvalue weighted by molar-refractivity contribution is 6.00. The Bertz CT molecular complexity index is 855. The fourth-order valence-electron chi connectivity index (χ4n) is 4.35. The fraction of sp³-hybridized carbons (Fsp3) is 0.476. The number of amides is 1. The Kier molecular flexibility index (Phi) is 5.17. The molecule has 28 heavy (non-hydrogen) atoms.